The molecule has 0 amide bonds. The number of nitrogens with one attached hydrogen (secondary N) is 1. The van der Waals surface area contributed by atoms with Crippen molar-refractivity contribution < 1.29 is 0 Å². The fraction of sp³-hybridized carbons (Fsp3) is 0.167. The minimum atomic E-state index is 0.779. The van der Waals surface area contributed by atoms with Crippen molar-refractivity contribution in [2.75, 3.05) is 5.32 Å². The van der Waals surface area contributed by atoms with E-state index in [1.807, 2.05) is 35.6 Å². The van der Waals surface area contributed by atoms with Crippen LogP contribution in [0.2, 0.25) is 0 Å². The first-order chi connectivity index (χ1) is 8.33. The van der Waals surface area contributed by atoms with Crippen molar-refractivity contribution in [2.45, 2.75) is 6.54 Å². The number of aromatic nitrogens is 3. The topological polar surface area (TPSA) is 42.7 Å². The Balaban J connectivity index is 1.78. The van der Waals surface area contributed by atoms with Crippen molar-refractivity contribution in [3.8, 4) is 0 Å². The number of nitrogens with zero attached hydrogens (tertiary/aromatic N) is 3. The standard InChI is InChI=1S/C12H12N4S/c1-16-10(4-5-15-16)7-13-9-2-3-11-12(6-9)17-8-14-11/h2-6,8,13H,7H2,1H3. The quantitative estimate of drug-likeness (QED) is 0.770. The van der Waals surface area contributed by atoms with E-state index in [9.17, 15) is 0 Å². The summed E-state index contributed by atoms with van der Waals surface area (Å²) in [6.07, 6.45) is 1.81. The highest BCUT2D eigenvalue weighted by atomic mass is 32.1. The van der Waals surface area contributed by atoms with Crippen molar-refractivity contribution in [2.24, 2.45) is 7.05 Å². The molecule has 1 aromatic carbocycles. The van der Waals surface area contributed by atoms with Crippen LogP contribution >= 0.6 is 11.3 Å². The minimum Gasteiger partial charge on any atom is -0.379 e. The van der Waals surface area contributed by atoms with Crippen LogP contribution in [0.25, 0.3) is 10.2 Å². The normalized spacial score (nSPS) is 10.9. The lowest BCUT2D eigenvalue weighted by atomic mass is 10.3. The van der Waals surface area contributed by atoms with Gasteiger partial charge in [0.25, 0.3) is 0 Å². The van der Waals surface area contributed by atoms with Gasteiger partial charge >= 0.3 is 0 Å². The Kier molecular flexibility index (Phi) is 2.53. The largest absolute Gasteiger partial charge is 0.379 e. The molecular weight excluding hydrogens is 232 g/mol. The fourth-order valence-electron chi connectivity index (χ4n) is 1.73. The number of fused-ring (bicyclic) bond motifs is 1. The van der Waals surface area contributed by atoms with Crippen LogP contribution in [-0.2, 0) is 13.6 Å². The Morgan fingerprint density at radius 2 is 2.29 bits per heavy atom. The van der Waals surface area contributed by atoms with Gasteiger partial charge in [-0.25, -0.2) is 4.98 Å². The Morgan fingerprint density at radius 3 is 3.12 bits per heavy atom. The van der Waals surface area contributed by atoms with E-state index in [2.05, 4.69) is 27.5 Å². The number of hydrogen-bond acceptors (Lipinski definition) is 4. The van der Waals surface area contributed by atoms with E-state index in [-0.39, 0.29) is 0 Å². The highest BCUT2D eigenvalue weighted by Gasteiger charge is 2.00. The lowest BCUT2D eigenvalue weighted by Crippen LogP contribution is -2.05. The smallest absolute Gasteiger partial charge is 0.0813 e. The molecule has 2 heterocycles. The number of thiazole rings is 1. The molecular formula is C12H12N4S. The maximum atomic E-state index is 4.26. The summed E-state index contributed by atoms with van der Waals surface area (Å²) >= 11 is 1.66. The fourth-order valence-corrected chi connectivity index (χ4v) is 2.45. The van der Waals surface area contributed by atoms with Gasteiger partial charge in [-0.15, -0.1) is 11.3 Å². The van der Waals surface area contributed by atoms with Crippen LogP contribution in [0.5, 0.6) is 0 Å². The van der Waals surface area contributed by atoms with Gasteiger partial charge in [0.05, 0.1) is 28.0 Å². The molecule has 1 N–H and O–H groups in total. The Hall–Kier alpha value is -1.88. The molecule has 3 aromatic rings. The van der Waals surface area contributed by atoms with Crippen LogP contribution in [-0.4, -0.2) is 14.8 Å². The first-order valence-corrected chi connectivity index (χ1v) is 6.25. The Bertz CT molecular complexity index is 641. The third-order valence-electron chi connectivity index (χ3n) is 2.73. The lowest BCUT2D eigenvalue weighted by molar-refractivity contribution is 0.720. The van der Waals surface area contributed by atoms with Gasteiger partial charge in [-0.05, 0) is 24.3 Å². The van der Waals surface area contributed by atoms with Crippen LogP contribution in [0.15, 0.2) is 36.0 Å². The van der Waals surface area contributed by atoms with Gasteiger partial charge in [0.15, 0.2) is 0 Å². The van der Waals surface area contributed by atoms with Gasteiger partial charge < -0.3 is 5.32 Å². The van der Waals surface area contributed by atoms with E-state index in [4.69, 9.17) is 0 Å². The molecule has 0 unspecified atom stereocenters. The number of aryl methyl sites for hydroxylation is 1. The number of benzene rings is 1. The maximum Gasteiger partial charge on any atom is 0.0813 e. The zero-order valence-electron chi connectivity index (χ0n) is 9.42. The summed E-state index contributed by atoms with van der Waals surface area (Å²) in [5, 5.41) is 7.53. The molecule has 0 aliphatic heterocycles. The molecule has 0 saturated heterocycles. The summed E-state index contributed by atoms with van der Waals surface area (Å²) in [4.78, 5) is 4.26. The molecule has 0 atom stereocenters. The first-order valence-electron chi connectivity index (χ1n) is 5.37. The second kappa shape index (κ2) is 4.18. The highest BCUT2D eigenvalue weighted by molar-refractivity contribution is 7.16. The average molecular weight is 244 g/mol. The van der Waals surface area contributed by atoms with Crippen LogP contribution in [0.3, 0.4) is 0 Å². The molecule has 0 spiro atoms. The molecule has 3 rings (SSSR count). The van der Waals surface area contributed by atoms with E-state index in [1.165, 1.54) is 4.70 Å². The van der Waals surface area contributed by atoms with Crippen LogP contribution in [0.1, 0.15) is 5.69 Å². The molecule has 0 fully saturated rings. The molecule has 0 aliphatic rings. The Labute approximate surface area is 103 Å². The minimum absolute atomic E-state index is 0.779. The third kappa shape index (κ3) is 2.01. The van der Waals surface area contributed by atoms with Gasteiger partial charge in [0.1, 0.15) is 0 Å². The number of hydrogen-bond donors (Lipinski definition) is 1. The SMILES string of the molecule is Cn1nccc1CNc1ccc2ncsc2c1. The first kappa shape index (κ1) is 10.3. The average Bonchev–Trinajstić information content (AvgIpc) is 2.94. The summed E-state index contributed by atoms with van der Waals surface area (Å²) < 4.78 is 3.08. The molecule has 0 radical (unpaired) electrons. The van der Waals surface area contributed by atoms with Crippen molar-refractivity contribution in [1.29, 1.82) is 0 Å². The van der Waals surface area contributed by atoms with Crippen molar-refractivity contribution in [3.63, 3.8) is 0 Å². The summed E-state index contributed by atoms with van der Waals surface area (Å²) in [5.74, 6) is 0. The van der Waals surface area contributed by atoms with Gasteiger partial charge in [0.2, 0.25) is 0 Å². The zero-order valence-corrected chi connectivity index (χ0v) is 10.2. The molecule has 17 heavy (non-hydrogen) atoms. The van der Waals surface area contributed by atoms with E-state index in [0.29, 0.717) is 0 Å². The van der Waals surface area contributed by atoms with Crippen molar-refractivity contribution in [3.05, 3.63) is 41.7 Å². The predicted molar refractivity (Wildman–Crippen MR) is 70.2 cm³/mol. The summed E-state index contributed by atoms with van der Waals surface area (Å²) in [5.41, 5.74) is 5.20. The van der Waals surface area contributed by atoms with E-state index in [1.54, 1.807) is 11.3 Å². The van der Waals surface area contributed by atoms with Gasteiger partial charge in [-0.3, -0.25) is 4.68 Å². The summed E-state index contributed by atoms with van der Waals surface area (Å²) in [7, 11) is 1.95. The monoisotopic (exact) mass is 244 g/mol. The zero-order chi connectivity index (χ0) is 11.7. The van der Waals surface area contributed by atoms with Crippen molar-refractivity contribution in [1.82, 2.24) is 14.8 Å². The molecule has 86 valence electrons. The van der Waals surface area contributed by atoms with Gasteiger partial charge in [0, 0.05) is 18.9 Å². The van der Waals surface area contributed by atoms with Gasteiger partial charge in [-0.2, -0.15) is 5.10 Å². The maximum absolute atomic E-state index is 4.26. The molecule has 0 saturated carbocycles. The van der Waals surface area contributed by atoms with Crippen molar-refractivity contribution >= 4 is 27.2 Å². The molecule has 0 aliphatic carbocycles. The third-order valence-corrected chi connectivity index (χ3v) is 3.52. The summed E-state index contributed by atoms with van der Waals surface area (Å²) in [6, 6.07) is 8.23. The second-order valence-electron chi connectivity index (χ2n) is 3.83. The molecule has 5 heteroatoms. The van der Waals surface area contributed by atoms with Crippen LogP contribution in [0, 0.1) is 0 Å². The molecule has 2 aromatic heterocycles. The molecule has 0 bridgehead atoms. The van der Waals surface area contributed by atoms with E-state index < -0.39 is 0 Å². The van der Waals surface area contributed by atoms with Crippen LogP contribution < -0.4 is 5.32 Å². The second-order valence-corrected chi connectivity index (χ2v) is 4.72. The Morgan fingerprint density at radius 1 is 1.35 bits per heavy atom. The number of anilines is 1. The highest BCUT2D eigenvalue weighted by Crippen LogP contribution is 2.22. The van der Waals surface area contributed by atoms with Crippen LogP contribution in [0.4, 0.5) is 5.69 Å². The van der Waals surface area contributed by atoms with Gasteiger partial charge in [-0.1, -0.05) is 0 Å². The van der Waals surface area contributed by atoms with E-state index >= 15 is 0 Å². The summed E-state index contributed by atoms with van der Waals surface area (Å²) in [6.45, 7) is 0.779. The van der Waals surface area contributed by atoms with E-state index in [0.717, 1.165) is 23.4 Å². The lowest BCUT2D eigenvalue weighted by Gasteiger charge is -2.06. The predicted octanol–water partition coefficient (Wildman–Crippen LogP) is 2.64. The molecule has 4 nitrogen and oxygen atoms in total. The number of rotatable bonds is 3.